The van der Waals surface area contributed by atoms with Gasteiger partial charge in [-0.1, -0.05) is 0 Å². The summed E-state index contributed by atoms with van der Waals surface area (Å²) in [5.74, 6) is -0.317. The molecule has 0 radical (unpaired) electrons. The van der Waals surface area contributed by atoms with Crippen LogP contribution in [0.5, 0.6) is 0 Å². The van der Waals surface area contributed by atoms with E-state index in [2.05, 4.69) is 22.8 Å². The average Bonchev–Trinajstić information content (AvgIpc) is 2.62. The van der Waals surface area contributed by atoms with Gasteiger partial charge >= 0.3 is 0 Å². The molecule has 0 saturated heterocycles. The quantitative estimate of drug-likeness (QED) is 0.671. The molecule has 0 unspecified atom stereocenters. The van der Waals surface area contributed by atoms with E-state index in [0.717, 1.165) is 11.3 Å². The number of hydrogen-bond donors (Lipinski definition) is 2. The topological polar surface area (TPSA) is 28.7 Å². The smallest absolute Gasteiger partial charge is 0.136 e. The minimum Gasteiger partial charge on any atom is -0.285 e. The summed E-state index contributed by atoms with van der Waals surface area (Å²) in [5.41, 5.74) is 1.64. The number of aromatic amines is 1. The maximum Gasteiger partial charge on any atom is 0.136 e. The predicted molar refractivity (Wildman–Crippen MR) is 51.2 cm³/mol. The van der Waals surface area contributed by atoms with Crippen molar-refractivity contribution in [1.82, 2.24) is 10.2 Å². The van der Waals surface area contributed by atoms with Crippen LogP contribution < -0.4 is 0 Å². The molecule has 0 bridgehead atoms. The summed E-state index contributed by atoms with van der Waals surface area (Å²) in [6.07, 6.45) is 1.72. The fourth-order valence-electron chi connectivity index (χ4n) is 1.09. The number of H-pyrrole nitrogens is 1. The first kappa shape index (κ1) is 8.31. The van der Waals surface area contributed by atoms with E-state index in [4.69, 9.17) is 0 Å². The number of thiol groups is 1. The van der Waals surface area contributed by atoms with Crippen molar-refractivity contribution in [2.45, 2.75) is 4.90 Å². The van der Waals surface area contributed by atoms with Gasteiger partial charge < -0.3 is 0 Å². The van der Waals surface area contributed by atoms with E-state index < -0.39 is 0 Å². The van der Waals surface area contributed by atoms with Gasteiger partial charge in [0.1, 0.15) is 5.82 Å². The fraction of sp³-hybridized carbons (Fsp3) is 0. The lowest BCUT2D eigenvalue weighted by Crippen LogP contribution is -1.81. The molecule has 0 aliphatic rings. The van der Waals surface area contributed by atoms with Crippen LogP contribution in [0.2, 0.25) is 0 Å². The van der Waals surface area contributed by atoms with Crippen molar-refractivity contribution >= 4 is 12.6 Å². The zero-order valence-corrected chi connectivity index (χ0v) is 7.55. The molecule has 0 saturated carbocycles. The number of aromatic nitrogens is 2. The van der Waals surface area contributed by atoms with E-state index in [0.29, 0.717) is 4.90 Å². The molecule has 2 rings (SSSR count). The van der Waals surface area contributed by atoms with Crippen LogP contribution in [0.3, 0.4) is 0 Å². The number of benzene rings is 1. The highest BCUT2D eigenvalue weighted by Crippen LogP contribution is 2.21. The Labute approximate surface area is 80.2 Å². The van der Waals surface area contributed by atoms with E-state index in [1.54, 1.807) is 18.3 Å². The molecule has 1 aromatic carbocycles. The first-order valence-corrected chi connectivity index (χ1v) is 4.21. The van der Waals surface area contributed by atoms with E-state index >= 15 is 0 Å². The number of nitrogens with one attached hydrogen (secondary N) is 1. The van der Waals surface area contributed by atoms with Gasteiger partial charge in [0.05, 0.1) is 5.69 Å². The maximum absolute atomic E-state index is 12.8. The third-order valence-electron chi connectivity index (χ3n) is 1.74. The molecule has 4 heteroatoms. The monoisotopic (exact) mass is 194 g/mol. The van der Waals surface area contributed by atoms with Crippen LogP contribution >= 0.6 is 12.6 Å². The third-order valence-corrected chi connectivity index (χ3v) is 2.09. The van der Waals surface area contributed by atoms with Crippen LogP contribution in [0.4, 0.5) is 4.39 Å². The van der Waals surface area contributed by atoms with Crippen LogP contribution in [0, 0.1) is 5.82 Å². The van der Waals surface area contributed by atoms with Gasteiger partial charge in [-0.05, 0) is 24.3 Å². The van der Waals surface area contributed by atoms with E-state index in [9.17, 15) is 4.39 Å². The lowest BCUT2D eigenvalue weighted by Gasteiger charge is -1.98. The molecule has 2 nitrogen and oxygen atoms in total. The number of rotatable bonds is 1. The van der Waals surface area contributed by atoms with Crippen LogP contribution in [0.15, 0.2) is 35.4 Å². The molecule has 0 aliphatic carbocycles. The second-order valence-corrected chi connectivity index (χ2v) is 3.11. The van der Waals surface area contributed by atoms with E-state index in [-0.39, 0.29) is 5.82 Å². The molecule has 0 amide bonds. The Hall–Kier alpha value is -1.29. The molecule has 0 atom stereocenters. The van der Waals surface area contributed by atoms with Gasteiger partial charge in [-0.25, -0.2) is 4.39 Å². The summed E-state index contributed by atoms with van der Waals surface area (Å²) in [7, 11) is 0. The largest absolute Gasteiger partial charge is 0.285 e. The minimum atomic E-state index is -0.317. The van der Waals surface area contributed by atoms with Crippen molar-refractivity contribution in [3.63, 3.8) is 0 Å². The van der Waals surface area contributed by atoms with Crippen molar-refractivity contribution < 1.29 is 4.39 Å². The average molecular weight is 194 g/mol. The second-order valence-electron chi connectivity index (χ2n) is 2.63. The number of nitrogens with zero attached hydrogens (tertiary/aromatic N) is 1. The Kier molecular flexibility index (Phi) is 2.06. The third kappa shape index (κ3) is 1.58. The summed E-state index contributed by atoms with van der Waals surface area (Å²) in [6.45, 7) is 0. The van der Waals surface area contributed by atoms with E-state index in [1.807, 2.05) is 6.07 Å². The minimum absolute atomic E-state index is 0.317. The standard InChI is InChI=1S/C9H7FN2S/c10-7-2-1-6(5-9(7)13)8-3-4-11-12-8/h1-5,13H,(H,11,12). The Balaban J connectivity index is 2.49. The summed E-state index contributed by atoms with van der Waals surface area (Å²) in [4.78, 5) is 0.334. The molecule has 1 N–H and O–H groups in total. The SMILES string of the molecule is Fc1ccc(-c2cc[nH]n2)cc1S. The lowest BCUT2D eigenvalue weighted by atomic mass is 10.1. The number of halogens is 1. The molecule has 66 valence electrons. The number of hydrogen-bond acceptors (Lipinski definition) is 2. The molecular formula is C9H7FN2S. The van der Waals surface area contributed by atoms with Crippen LogP contribution in [-0.2, 0) is 0 Å². The molecule has 0 fully saturated rings. The van der Waals surface area contributed by atoms with Gasteiger partial charge in [0, 0.05) is 16.7 Å². The Bertz CT molecular complexity index is 412. The first-order chi connectivity index (χ1) is 6.27. The molecule has 0 aliphatic heterocycles. The molecule has 1 heterocycles. The Morgan fingerprint density at radius 3 is 2.77 bits per heavy atom. The zero-order chi connectivity index (χ0) is 9.26. The summed E-state index contributed by atoms with van der Waals surface area (Å²) in [5, 5.41) is 6.67. The highest BCUT2D eigenvalue weighted by atomic mass is 32.1. The molecule has 0 spiro atoms. The molecule has 13 heavy (non-hydrogen) atoms. The summed E-state index contributed by atoms with van der Waals surface area (Å²) in [6, 6.07) is 6.52. The van der Waals surface area contributed by atoms with Gasteiger partial charge in [0.2, 0.25) is 0 Å². The highest BCUT2D eigenvalue weighted by Gasteiger charge is 2.02. The van der Waals surface area contributed by atoms with Crippen molar-refractivity contribution in [2.24, 2.45) is 0 Å². The highest BCUT2D eigenvalue weighted by molar-refractivity contribution is 7.80. The molecular weight excluding hydrogens is 187 g/mol. The zero-order valence-electron chi connectivity index (χ0n) is 6.66. The van der Waals surface area contributed by atoms with Crippen molar-refractivity contribution in [2.75, 3.05) is 0 Å². The van der Waals surface area contributed by atoms with Gasteiger partial charge in [0.15, 0.2) is 0 Å². The van der Waals surface area contributed by atoms with Crippen LogP contribution in [-0.4, -0.2) is 10.2 Å². The van der Waals surface area contributed by atoms with Crippen molar-refractivity contribution in [1.29, 1.82) is 0 Å². The maximum atomic E-state index is 12.8. The first-order valence-electron chi connectivity index (χ1n) is 3.76. The summed E-state index contributed by atoms with van der Waals surface area (Å²) < 4.78 is 12.8. The Morgan fingerprint density at radius 2 is 2.15 bits per heavy atom. The van der Waals surface area contributed by atoms with Crippen LogP contribution in [0.25, 0.3) is 11.3 Å². The van der Waals surface area contributed by atoms with Gasteiger partial charge in [0.25, 0.3) is 0 Å². The lowest BCUT2D eigenvalue weighted by molar-refractivity contribution is 0.603. The van der Waals surface area contributed by atoms with Crippen molar-refractivity contribution in [3.8, 4) is 11.3 Å². The summed E-state index contributed by atoms with van der Waals surface area (Å²) >= 11 is 3.99. The Morgan fingerprint density at radius 1 is 1.31 bits per heavy atom. The fourth-order valence-corrected chi connectivity index (χ4v) is 1.31. The predicted octanol–water partition coefficient (Wildman–Crippen LogP) is 2.50. The van der Waals surface area contributed by atoms with Gasteiger partial charge in [-0.15, -0.1) is 12.6 Å². The van der Waals surface area contributed by atoms with Gasteiger partial charge in [-0.2, -0.15) is 5.10 Å². The second kappa shape index (κ2) is 3.22. The van der Waals surface area contributed by atoms with Gasteiger partial charge in [-0.3, -0.25) is 5.10 Å². The van der Waals surface area contributed by atoms with Crippen LogP contribution in [0.1, 0.15) is 0 Å². The normalized spacial score (nSPS) is 10.3. The van der Waals surface area contributed by atoms with E-state index in [1.165, 1.54) is 6.07 Å². The van der Waals surface area contributed by atoms with Crippen molar-refractivity contribution in [3.05, 3.63) is 36.3 Å². The molecule has 1 aromatic heterocycles. The molecule has 2 aromatic rings.